The van der Waals surface area contributed by atoms with Gasteiger partial charge in [-0.05, 0) is 75.0 Å². The second-order valence-corrected chi connectivity index (χ2v) is 10.6. The van der Waals surface area contributed by atoms with Crippen LogP contribution in [0, 0.1) is 30.1 Å². The monoisotopic (exact) mass is 408 g/mol. The second-order valence-electron chi connectivity index (χ2n) is 9.61. The molecular formula is C24H28N2O2S. The molecule has 6 rings (SSSR count). The lowest BCUT2D eigenvalue weighted by atomic mass is 9.48. The fourth-order valence-corrected chi connectivity index (χ4v) is 7.27. The Morgan fingerprint density at radius 1 is 1.10 bits per heavy atom. The summed E-state index contributed by atoms with van der Waals surface area (Å²) >= 11 is 1.34. The van der Waals surface area contributed by atoms with E-state index in [-0.39, 0.29) is 17.1 Å². The average Bonchev–Trinajstić information content (AvgIpc) is 2.69. The normalized spacial score (nSPS) is 29.9. The molecule has 1 aromatic carbocycles. The molecule has 1 heterocycles. The van der Waals surface area contributed by atoms with Crippen molar-refractivity contribution in [2.75, 3.05) is 5.75 Å². The Labute approximate surface area is 175 Å². The van der Waals surface area contributed by atoms with Crippen LogP contribution in [0.25, 0.3) is 0 Å². The number of ketones is 1. The number of rotatable bonds is 6. The average molecular weight is 409 g/mol. The van der Waals surface area contributed by atoms with E-state index >= 15 is 0 Å². The van der Waals surface area contributed by atoms with Crippen LogP contribution in [0.15, 0.2) is 40.3 Å². The number of H-pyrrole nitrogens is 1. The Morgan fingerprint density at radius 2 is 1.72 bits per heavy atom. The molecule has 0 radical (unpaired) electrons. The van der Waals surface area contributed by atoms with Gasteiger partial charge in [-0.1, -0.05) is 42.1 Å². The van der Waals surface area contributed by atoms with Gasteiger partial charge in [-0.25, -0.2) is 4.98 Å². The minimum atomic E-state index is -0.0608. The third-order valence-electron chi connectivity index (χ3n) is 7.37. The lowest BCUT2D eigenvalue weighted by molar-refractivity contribution is -0.0528. The first-order chi connectivity index (χ1) is 14.0. The largest absolute Gasteiger partial charge is 0.301 e. The first-order valence-electron chi connectivity index (χ1n) is 10.8. The van der Waals surface area contributed by atoms with E-state index in [2.05, 4.69) is 4.98 Å². The van der Waals surface area contributed by atoms with Gasteiger partial charge in [-0.15, -0.1) is 0 Å². The smallest absolute Gasteiger partial charge is 0.254 e. The van der Waals surface area contributed by atoms with Crippen LogP contribution >= 0.6 is 11.8 Å². The summed E-state index contributed by atoms with van der Waals surface area (Å²) in [6.45, 7) is 1.89. The molecule has 0 spiro atoms. The summed E-state index contributed by atoms with van der Waals surface area (Å²) in [6, 6.07) is 9.29. The molecule has 152 valence electrons. The molecule has 5 heteroatoms. The van der Waals surface area contributed by atoms with Gasteiger partial charge in [0.05, 0.1) is 11.4 Å². The highest BCUT2D eigenvalue weighted by molar-refractivity contribution is 7.99. The molecule has 4 bridgehead atoms. The van der Waals surface area contributed by atoms with Gasteiger partial charge in [0.25, 0.3) is 5.56 Å². The molecule has 0 amide bonds. The molecule has 2 aromatic rings. The summed E-state index contributed by atoms with van der Waals surface area (Å²) in [5, 5.41) is 0.574. The predicted octanol–water partition coefficient (Wildman–Crippen LogP) is 4.81. The second kappa shape index (κ2) is 7.42. The van der Waals surface area contributed by atoms with Gasteiger partial charge in [-0.3, -0.25) is 9.59 Å². The van der Waals surface area contributed by atoms with Crippen molar-refractivity contribution in [3.8, 4) is 0 Å². The Bertz CT molecular complexity index is 947. The number of aromatic nitrogens is 2. The van der Waals surface area contributed by atoms with E-state index in [1.54, 1.807) is 0 Å². The quantitative estimate of drug-likeness (QED) is 0.423. The first-order valence-corrected chi connectivity index (χ1v) is 11.8. The molecule has 0 saturated heterocycles. The Morgan fingerprint density at radius 3 is 2.34 bits per heavy atom. The molecule has 0 aliphatic heterocycles. The van der Waals surface area contributed by atoms with Gasteiger partial charge in [0.1, 0.15) is 0 Å². The van der Waals surface area contributed by atoms with Crippen LogP contribution in [-0.4, -0.2) is 21.5 Å². The molecule has 0 unspecified atom stereocenters. The van der Waals surface area contributed by atoms with Crippen molar-refractivity contribution in [2.24, 2.45) is 23.2 Å². The van der Waals surface area contributed by atoms with E-state index in [0.29, 0.717) is 16.1 Å². The number of carbonyl (C=O) groups is 1. The number of benzene rings is 1. The molecule has 4 fully saturated rings. The van der Waals surface area contributed by atoms with Crippen LogP contribution in [0.5, 0.6) is 0 Å². The molecular weight excluding hydrogens is 380 g/mol. The van der Waals surface area contributed by atoms with Gasteiger partial charge in [-0.2, -0.15) is 0 Å². The van der Waals surface area contributed by atoms with Crippen molar-refractivity contribution < 1.29 is 4.79 Å². The van der Waals surface area contributed by atoms with Gasteiger partial charge >= 0.3 is 0 Å². The number of nitrogens with one attached hydrogen (secondary N) is 1. The van der Waals surface area contributed by atoms with E-state index in [1.807, 2.05) is 37.3 Å². The van der Waals surface area contributed by atoms with Gasteiger partial charge < -0.3 is 4.98 Å². The Balaban J connectivity index is 1.34. The molecule has 1 N–H and O–H groups in total. The van der Waals surface area contributed by atoms with Crippen LogP contribution < -0.4 is 5.56 Å². The standard InChI is InChI=1S/C24H28N2O2S/c1-15-20(13-24-10-16-7-17(11-24)9-18(8-16)12-24)25-23(26-22(15)28)29-14-21(27)19-5-3-2-4-6-19/h2-6,16-18H,7-14H2,1H3,(H,25,26,28). The van der Waals surface area contributed by atoms with Crippen molar-refractivity contribution in [2.45, 2.75) is 57.0 Å². The van der Waals surface area contributed by atoms with Crippen molar-refractivity contribution in [1.82, 2.24) is 9.97 Å². The van der Waals surface area contributed by atoms with E-state index in [4.69, 9.17) is 4.98 Å². The highest BCUT2D eigenvalue weighted by Gasteiger charge is 2.51. The summed E-state index contributed by atoms with van der Waals surface area (Å²) in [5.41, 5.74) is 2.68. The minimum absolute atomic E-state index is 0.0569. The Hall–Kier alpha value is -1.88. The number of hydrogen-bond acceptors (Lipinski definition) is 4. The van der Waals surface area contributed by atoms with E-state index in [9.17, 15) is 9.59 Å². The summed E-state index contributed by atoms with van der Waals surface area (Å²) in [4.78, 5) is 32.7. The summed E-state index contributed by atoms with van der Waals surface area (Å²) in [5.74, 6) is 3.01. The summed E-state index contributed by atoms with van der Waals surface area (Å²) < 4.78 is 0. The van der Waals surface area contributed by atoms with Crippen LogP contribution in [0.1, 0.15) is 60.1 Å². The van der Waals surface area contributed by atoms with E-state index < -0.39 is 0 Å². The number of thioether (sulfide) groups is 1. The number of hydrogen-bond donors (Lipinski definition) is 1. The maximum absolute atomic E-state index is 12.6. The number of Topliss-reactive ketones (excluding diaryl/α,β-unsaturated/α-hetero) is 1. The highest BCUT2D eigenvalue weighted by atomic mass is 32.2. The van der Waals surface area contributed by atoms with Gasteiger partial charge in [0.2, 0.25) is 0 Å². The van der Waals surface area contributed by atoms with Gasteiger partial charge in [0.15, 0.2) is 10.9 Å². The molecule has 4 nitrogen and oxygen atoms in total. The SMILES string of the molecule is Cc1c(CC23CC4CC(CC(C4)C2)C3)nc(SCC(=O)c2ccccc2)[nH]c1=O. The maximum atomic E-state index is 12.6. The summed E-state index contributed by atoms with van der Waals surface area (Å²) in [7, 11) is 0. The van der Waals surface area contributed by atoms with E-state index in [0.717, 1.165) is 35.4 Å². The number of carbonyl (C=O) groups excluding carboxylic acids is 1. The third kappa shape index (κ3) is 3.81. The fraction of sp³-hybridized carbons (Fsp3) is 0.542. The van der Waals surface area contributed by atoms with Crippen molar-refractivity contribution in [1.29, 1.82) is 0 Å². The maximum Gasteiger partial charge on any atom is 0.254 e. The fourth-order valence-electron chi connectivity index (χ4n) is 6.50. The zero-order valence-corrected chi connectivity index (χ0v) is 17.8. The molecule has 0 atom stereocenters. The molecule has 1 aromatic heterocycles. The first kappa shape index (κ1) is 19.1. The topological polar surface area (TPSA) is 62.8 Å². The van der Waals surface area contributed by atoms with Crippen molar-refractivity contribution in [3.63, 3.8) is 0 Å². The van der Waals surface area contributed by atoms with Crippen LogP contribution in [-0.2, 0) is 6.42 Å². The minimum Gasteiger partial charge on any atom is -0.301 e. The molecule has 4 aliphatic rings. The zero-order chi connectivity index (χ0) is 20.0. The predicted molar refractivity (Wildman–Crippen MR) is 115 cm³/mol. The lowest BCUT2D eigenvalue weighted by Gasteiger charge is -2.57. The Kier molecular flexibility index (Phi) is 4.89. The highest BCUT2D eigenvalue weighted by Crippen LogP contribution is 2.61. The van der Waals surface area contributed by atoms with Gasteiger partial charge in [0, 0.05) is 11.1 Å². The molecule has 4 aliphatic carbocycles. The molecule has 4 saturated carbocycles. The lowest BCUT2D eigenvalue weighted by Crippen LogP contribution is -2.47. The van der Waals surface area contributed by atoms with E-state index in [1.165, 1.54) is 50.3 Å². The number of nitrogens with zero attached hydrogens (tertiary/aromatic N) is 1. The zero-order valence-electron chi connectivity index (χ0n) is 16.9. The third-order valence-corrected chi connectivity index (χ3v) is 8.25. The van der Waals surface area contributed by atoms with Crippen LogP contribution in [0.2, 0.25) is 0 Å². The van der Waals surface area contributed by atoms with Crippen LogP contribution in [0.4, 0.5) is 0 Å². The van der Waals surface area contributed by atoms with Crippen molar-refractivity contribution in [3.05, 3.63) is 57.5 Å². The molecule has 29 heavy (non-hydrogen) atoms. The number of aromatic amines is 1. The van der Waals surface area contributed by atoms with Crippen molar-refractivity contribution >= 4 is 17.5 Å². The summed E-state index contributed by atoms with van der Waals surface area (Å²) in [6.07, 6.45) is 9.11. The van der Waals surface area contributed by atoms with Crippen LogP contribution in [0.3, 0.4) is 0 Å².